The molecular weight excluding hydrogens is 380 g/mol. The third-order valence-corrected chi connectivity index (χ3v) is 4.81. The van der Waals surface area contributed by atoms with Gasteiger partial charge in [0.25, 0.3) is 11.8 Å². The SMILES string of the molecule is Cc1cc(C(=O)N(Cc2ccccc2)c2ccc(C(=O)N(C)C)cc2)c(O)cc1O. The van der Waals surface area contributed by atoms with E-state index in [1.165, 1.54) is 21.9 Å². The van der Waals surface area contributed by atoms with Crippen LogP contribution >= 0.6 is 0 Å². The molecule has 3 aromatic rings. The lowest BCUT2D eigenvalue weighted by Gasteiger charge is -2.24. The van der Waals surface area contributed by atoms with Gasteiger partial charge in [-0.2, -0.15) is 0 Å². The van der Waals surface area contributed by atoms with Gasteiger partial charge in [-0.1, -0.05) is 30.3 Å². The normalized spacial score (nSPS) is 10.5. The van der Waals surface area contributed by atoms with E-state index in [4.69, 9.17) is 0 Å². The number of anilines is 1. The molecule has 0 aliphatic heterocycles. The van der Waals surface area contributed by atoms with Crippen LogP contribution in [0.15, 0.2) is 66.7 Å². The van der Waals surface area contributed by atoms with Crippen LogP contribution in [0.3, 0.4) is 0 Å². The molecule has 6 nitrogen and oxygen atoms in total. The summed E-state index contributed by atoms with van der Waals surface area (Å²) in [5.74, 6) is -0.911. The Bertz CT molecular complexity index is 1060. The Morgan fingerprint density at radius 1 is 0.833 bits per heavy atom. The summed E-state index contributed by atoms with van der Waals surface area (Å²) >= 11 is 0. The second kappa shape index (κ2) is 8.69. The van der Waals surface area contributed by atoms with E-state index in [9.17, 15) is 19.8 Å². The number of phenols is 2. The molecule has 154 valence electrons. The quantitative estimate of drug-likeness (QED) is 0.675. The van der Waals surface area contributed by atoms with Crippen LogP contribution in [-0.2, 0) is 6.54 Å². The number of hydrogen-bond acceptors (Lipinski definition) is 4. The van der Waals surface area contributed by atoms with Crippen LogP contribution in [0.25, 0.3) is 0 Å². The molecule has 0 radical (unpaired) electrons. The Balaban J connectivity index is 2.02. The highest BCUT2D eigenvalue weighted by Gasteiger charge is 2.23. The first-order valence-corrected chi connectivity index (χ1v) is 9.48. The summed E-state index contributed by atoms with van der Waals surface area (Å²) in [6.45, 7) is 1.94. The number of nitrogens with zero attached hydrogens (tertiary/aromatic N) is 2. The summed E-state index contributed by atoms with van der Waals surface area (Å²) < 4.78 is 0. The van der Waals surface area contributed by atoms with Crippen molar-refractivity contribution in [2.45, 2.75) is 13.5 Å². The largest absolute Gasteiger partial charge is 0.508 e. The molecule has 0 saturated heterocycles. The Labute approximate surface area is 175 Å². The molecule has 2 amide bonds. The van der Waals surface area contributed by atoms with Crippen molar-refractivity contribution in [2.24, 2.45) is 0 Å². The van der Waals surface area contributed by atoms with E-state index in [0.29, 0.717) is 16.8 Å². The Hall–Kier alpha value is -3.80. The van der Waals surface area contributed by atoms with E-state index in [2.05, 4.69) is 0 Å². The van der Waals surface area contributed by atoms with Gasteiger partial charge in [0.15, 0.2) is 0 Å². The molecular formula is C24H24N2O4. The van der Waals surface area contributed by atoms with Crippen molar-refractivity contribution in [2.75, 3.05) is 19.0 Å². The molecule has 3 aromatic carbocycles. The second-order valence-electron chi connectivity index (χ2n) is 7.28. The van der Waals surface area contributed by atoms with Gasteiger partial charge in [0.05, 0.1) is 12.1 Å². The summed E-state index contributed by atoms with van der Waals surface area (Å²) in [5, 5.41) is 20.1. The van der Waals surface area contributed by atoms with Crippen LogP contribution in [0.2, 0.25) is 0 Å². The zero-order valence-corrected chi connectivity index (χ0v) is 17.2. The van der Waals surface area contributed by atoms with E-state index in [0.717, 1.165) is 5.56 Å². The molecule has 0 aliphatic carbocycles. The zero-order chi connectivity index (χ0) is 21.8. The van der Waals surface area contributed by atoms with Crippen molar-refractivity contribution in [1.82, 2.24) is 4.90 Å². The minimum Gasteiger partial charge on any atom is -0.508 e. The molecule has 3 rings (SSSR count). The first-order chi connectivity index (χ1) is 14.3. The van der Waals surface area contributed by atoms with E-state index >= 15 is 0 Å². The maximum atomic E-state index is 13.4. The standard InChI is InChI=1S/C24H24N2O4/c1-16-13-20(22(28)14-21(16)27)24(30)26(15-17-7-5-4-6-8-17)19-11-9-18(10-12-19)23(29)25(2)3/h4-14,27-28H,15H2,1-3H3. The minimum absolute atomic E-state index is 0.0785. The molecule has 0 unspecified atom stereocenters. The predicted octanol–water partition coefficient (Wildman–Crippen LogP) is 3.96. The van der Waals surface area contributed by atoms with Crippen LogP contribution in [0.4, 0.5) is 5.69 Å². The van der Waals surface area contributed by atoms with Crippen molar-refractivity contribution in [1.29, 1.82) is 0 Å². The van der Waals surface area contributed by atoms with E-state index in [-0.39, 0.29) is 29.5 Å². The third-order valence-electron chi connectivity index (χ3n) is 4.81. The summed E-state index contributed by atoms with van der Waals surface area (Å²) in [6, 6.07) is 18.9. The van der Waals surface area contributed by atoms with Gasteiger partial charge in [-0.25, -0.2) is 0 Å². The topological polar surface area (TPSA) is 81.1 Å². The number of benzene rings is 3. The molecule has 0 aromatic heterocycles. The molecule has 0 heterocycles. The number of carbonyl (C=O) groups is 2. The molecule has 2 N–H and O–H groups in total. The number of carbonyl (C=O) groups excluding carboxylic acids is 2. The molecule has 0 saturated carbocycles. The van der Waals surface area contributed by atoms with Crippen LogP contribution in [0.5, 0.6) is 11.5 Å². The van der Waals surface area contributed by atoms with Gasteiger partial charge in [-0.15, -0.1) is 0 Å². The Kier molecular flexibility index (Phi) is 6.06. The summed E-state index contributed by atoms with van der Waals surface area (Å²) in [5.41, 5.74) is 2.59. The fraction of sp³-hybridized carbons (Fsp3) is 0.167. The van der Waals surface area contributed by atoms with Crippen molar-refractivity contribution in [3.8, 4) is 11.5 Å². The fourth-order valence-electron chi connectivity index (χ4n) is 3.09. The van der Waals surface area contributed by atoms with Crippen LogP contribution in [-0.4, -0.2) is 41.0 Å². The maximum Gasteiger partial charge on any atom is 0.262 e. The summed E-state index contributed by atoms with van der Waals surface area (Å²) in [6.07, 6.45) is 0. The lowest BCUT2D eigenvalue weighted by molar-refractivity contribution is 0.0827. The molecule has 6 heteroatoms. The summed E-state index contributed by atoms with van der Waals surface area (Å²) in [7, 11) is 3.36. The first kappa shape index (κ1) is 20.9. The lowest BCUT2D eigenvalue weighted by atomic mass is 10.1. The fourth-order valence-corrected chi connectivity index (χ4v) is 3.09. The van der Waals surface area contributed by atoms with Crippen molar-refractivity contribution >= 4 is 17.5 Å². The van der Waals surface area contributed by atoms with Crippen molar-refractivity contribution in [3.63, 3.8) is 0 Å². The zero-order valence-electron chi connectivity index (χ0n) is 17.2. The molecule has 0 spiro atoms. The smallest absolute Gasteiger partial charge is 0.262 e. The van der Waals surface area contributed by atoms with Gasteiger partial charge >= 0.3 is 0 Å². The van der Waals surface area contributed by atoms with E-state index < -0.39 is 5.91 Å². The number of rotatable bonds is 5. The molecule has 0 aliphatic rings. The predicted molar refractivity (Wildman–Crippen MR) is 116 cm³/mol. The van der Waals surface area contributed by atoms with Gasteiger partial charge in [0.1, 0.15) is 11.5 Å². The number of aryl methyl sites for hydroxylation is 1. The van der Waals surface area contributed by atoms with Crippen molar-refractivity contribution < 1.29 is 19.8 Å². The van der Waals surface area contributed by atoms with Gasteiger partial charge in [0, 0.05) is 31.4 Å². The highest BCUT2D eigenvalue weighted by atomic mass is 16.3. The monoisotopic (exact) mass is 404 g/mol. The summed E-state index contributed by atoms with van der Waals surface area (Å²) in [4.78, 5) is 28.6. The van der Waals surface area contributed by atoms with Crippen molar-refractivity contribution in [3.05, 3.63) is 89.0 Å². The molecule has 0 atom stereocenters. The number of hydrogen-bond donors (Lipinski definition) is 2. The van der Waals surface area contributed by atoms with E-state index in [1.54, 1.807) is 45.3 Å². The first-order valence-electron chi connectivity index (χ1n) is 9.48. The second-order valence-corrected chi connectivity index (χ2v) is 7.28. The average Bonchev–Trinajstić information content (AvgIpc) is 2.74. The lowest BCUT2D eigenvalue weighted by Crippen LogP contribution is -2.30. The van der Waals surface area contributed by atoms with Crippen LogP contribution in [0.1, 0.15) is 31.8 Å². The Morgan fingerprint density at radius 3 is 2.07 bits per heavy atom. The third kappa shape index (κ3) is 4.43. The number of amides is 2. The number of aromatic hydroxyl groups is 2. The molecule has 30 heavy (non-hydrogen) atoms. The van der Waals surface area contributed by atoms with E-state index in [1.807, 2.05) is 30.3 Å². The number of phenolic OH excluding ortho intramolecular Hbond substituents is 2. The Morgan fingerprint density at radius 2 is 1.47 bits per heavy atom. The highest BCUT2D eigenvalue weighted by molar-refractivity contribution is 6.08. The van der Waals surface area contributed by atoms with Gasteiger partial charge in [0.2, 0.25) is 0 Å². The average molecular weight is 404 g/mol. The van der Waals surface area contributed by atoms with Crippen LogP contribution < -0.4 is 4.90 Å². The molecule has 0 fully saturated rings. The van der Waals surface area contributed by atoms with Gasteiger partial charge in [-0.05, 0) is 48.4 Å². The van der Waals surface area contributed by atoms with Gasteiger partial charge < -0.3 is 20.0 Å². The van der Waals surface area contributed by atoms with Crippen LogP contribution in [0, 0.1) is 6.92 Å². The maximum absolute atomic E-state index is 13.4. The molecule has 0 bridgehead atoms. The highest BCUT2D eigenvalue weighted by Crippen LogP contribution is 2.30. The van der Waals surface area contributed by atoms with Gasteiger partial charge in [-0.3, -0.25) is 9.59 Å². The minimum atomic E-state index is -0.411.